The number of hydrogen-bond donors (Lipinski definition) is 3. The highest BCUT2D eigenvalue weighted by Gasteiger charge is 2.50. The van der Waals surface area contributed by atoms with Crippen molar-refractivity contribution in [3.05, 3.63) is 36.0 Å². The Bertz CT molecular complexity index is 1480. The SMILES string of the molecule is CC[C@H](O)[C@@H](C)[C@H]1O[C@@H]1C[C@@](C)(O)C=CC=C(C)[C@H]1OC(=O)C[C@H](O)CC[C@@](C)(OC(=O)C(F)(F)F)[C@@H](OC(=O)N2CC[N+](C)(C3CCCCCC3)CC2)C=C[C@@H]1C. The summed E-state index contributed by atoms with van der Waals surface area (Å²) in [4.78, 5) is 40.8. The van der Waals surface area contributed by atoms with Crippen LogP contribution in [0.3, 0.4) is 0 Å². The van der Waals surface area contributed by atoms with Crippen LogP contribution in [0.2, 0.25) is 0 Å². The second-order valence-corrected chi connectivity index (χ2v) is 17.9. The van der Waals surface area contributed by atoms with Crippen LogP contribution in [0.4, 0.5) is 18.0 Å². The van der Waals surface area contributed by atoms with Crippen LogP contribution in [0.25, 0.3) is 0 Å². The molecular weight excluding hydrogens is 761 g/mol. The number of aliphatic hydroxyl groups excluding tert-OH is 2. The van der Waals surface area contributed by atoms with E-state index in [0.717, 1.165) is 17.3 Å². The Morgan fingerprint density at radius 3 is 2.36 bits per heavy atom. The van der Waals surface area contributed by atoms with Gasteiger partial charge in [-0.05, 0) is 77.4 Å². The largest absolute Gasteiger partial charge is 0.490 e. The van der Waals surface area contributed by atoms with Crippen molar-refractivity contribution >= 4 is 18.0 Å². The first kappa shape index (κ1) is 47.7. The topological polar surface area (TPSA) is 155 Å². The smallest absolute Gasteiger partial charge is 0.457 e. The van der Waals surface area contributed by atoms with E-state index in [1.54, 1.807) is 45.1 Å². The molecule has 0 radical (unpaired) electrons. The van der Waals surface area contributed by atoms with E-state index in [1.165, 1.54) is 43.6 Å². The van der Waals surface area contributed by atoms with Crippen molar-refractivity contribution in [3.63, 3.8) is 0 Å². The van der Waals surface area contributed by atoms with Gasteiger partial charge in [-0.25, -0.2) is 9.59 Å². The lowest BCUT2D eigenvalue weighted by Gasteiger charge is -2.47. The van der Waals surface area contributed by atoms with Crippen LogP contribution in [-0.4, -0.2) is 136 Å². The number of alkyl halides is 3. The number of rotatable bonds is 11. The maximum Gasteiger partial charge on any atom is 0.490 e. The minimum absolute atomic E-state index is 0.0745. The van der Waals surface area contributed by atoms with Crippen LogP contribution in [0, 0.1) is 11.8 Å². The molecule has 10 atom stereocenters. The predicted octanol–water partition coefficient (Wildman–Crippen LogP) is 6.31. The lowest BCUT2D eigenvalue weighted by Crippen LogP contribution is -2.63. The second-order valence-electron chi connectivity index (χ2n) is 17.9. The minimum Gasteiger partial charge on any atom is -0.457 e. The fourth-order valence-corrected chi connectivity index (χ4v) is 8.70. The van der Waals surface area contributed by atoms with Crippen LogP contribution in [0.5, 0.6) is 0 Å². The standard InChI is InChI=1S/C43H68F3N2O10/c1-8-33(50)30(4)38-34(55-38)27-41(5,54)20-13-14-28(2)37-29(3)17-18-35(42(6,58-39(52)43(44,45)46)21-19-32(49)26-36(51)57-37)56-40(53)47-22-24-48(7,25-23-47)31-15-11-9-10-12-16-31/h13-14,17-18,20,29-35,37-38,49-50,54H,8-12,15-16,19,21-27H2,1-7H3/q+1/t29-,30+,32+,33-,34+,35-,37+,38+,41-,42+/m0/s1. The number of nitrogens with zero attached hydrogens (tertiary/aromatic N) is 2. The Labute approximate surface area is 342 Å². The van der Waals surface area contributed by atoms with Gasteiger partial charge in [0.05, 0.1) is 75.7 Å². The summed E-state index contributed by atoms with van der Waals surface area (Å²) in [5.41, 5.74) is -2.79. The second kappa shape index (κ2) is 20.1. The number of cyclic esters (lactones) is 1. The Morgan fingerprint density at radius 2 is 1.76 bits per heavy atom. The monoisotopic (exact) mass is 829 g/mol. The Kier molecular flexibility index (Phi) is 16.5. The molecule has 3 fully saturated rings. The van der Waals surface area contributed by atoms with Crippen molar-refractivity contribution in [1.29, 1.82) is 0 Å². The third kappa shape index (κ3) is 13.3. The molecule has 0 aromatic rings. The zero-order valence-corrected chi connectivity index (χ0v) is 35.4. The van der Waals surface area contributed by atoms with Gasteiger partial charge in [-0.3, -0.25) is 9.69 Å². The molecular formula is C43H68F3N2O10+. The van der Waals surface area contributed by atoms with Crippen LogP contribution >= 0.6 is 0 Å². The fourth-order valence-electron chi connectivity index (χ4n) is 8.70. The normalized spacial score (nSPS) is 32.8. The molecule has 4 rings (SSSR count). The number of allylic oxidation sites excluding steroid dienone is 2. The Morgan fingerprint density at radius 1 is 1.12 bits per heavy atom. The van der Waals surface area contributed by atoms with Gasteiger partial charge in [-0.1, -0.05) is 57.9 Å². The lowest BCUT2D eigenvalue weighted by molar-refractivity contribution is -0.937. The highest BCUT2D eigenvalue weighted by atomic mass is 19.4. The zero-order chi connectivity index (χ0) is 43.1. The van der Waals surface area contributed by atoms with E-state index < -0.39 is 72.2 Å². The summed E-state index contributed by atoms with van der Waals surface area (Å²) in [5, 5.41) is 32.1. The van der Waals surface area contributed by atoms with Gasteiger partial charge in [-0.15, -0.1) is 0 Å². The average molecular weight is 830 g/mol. The molecule has 0 aromatic heterocycles. The van der Waals surface area contributed by atoms with Gasteiger partial charge in [0.15, 0.2) is 11.7 Å². The van der Waals surface area contributed by atoms with Gasteiger partial charge < -0.3 is 38.8 Å². The maximum absolute atomic E-state index is 13.8. The summed E-state index contributed by atoms with van der Waals surface area (Å²) < 4.78 is 64.4. The van der Waals surface area contributed by atoms with Gasteiger partial charge in [-0.2, -0.15) is 13.2 Å². The Balaban J connectivity index is 1.56. The highest BCUT2D eigenvalue weighted by molar-refractivity contribution is 5.76. The molecule has 1 amide bonds. The van der Waals surface area contributed by atoms with Crippen molar-refractivity contribution in [2.24, 2.45) is 11.8 Å². The first-order valence-corrected chi connectivity index (χ1v) is 21.1. The summed E-state index contributed by atoms with van der Waals surface area (Å²) >= 11 is 0. The van der Waals surface area contributed by atoms with Gasteiger partial charge in [0.25, 0.3) is 0 Å². The number of epoxide rings is 1. The van der Waals surface area contributed by atoms with E-state index in [0.29, 0.717) is 50.6 Å². The van der Waals surface area contributed by atoms with Crippen molar-refractivity contribution in [2.45, 2.75) is 172 Å². The number of likely N-dealkylation sites (N-methyl/N-ethyl adjacent to an activating group) is 1. The molecule has 15 heteroatoms. The van der Waals surface area contributed by atoms with Crippen LogP contribution < -0.4 is 0 Å². The number of halogens is 3. The molecule has 0 spiro atoms. The fraction of sp³-hybridized carbons (Fsp3) is 0.791. The zero-order valence-electron chi connectivity index (χ0n) is 35.4. The summed E-state index contributed by atoms with van der Waals surface area (Å²) in [6.07, 6.45) is 3.85. The third-order valence-corrected chi connectivity index (χ3v) is 12.9. The minimum atomic E-state index is -5.34. The number of ether oxygens (including phenoxy) is 4. The number of amides is 1. The molecule has 4 aliphatic rings. The van der Waals surface area contributed by atoms with Gasteiger partial charge >= 0.3 is 24.2 Å². The summed E-state index contributed by atoms with van der Waals surface area (Å²) in [6.45, 7) is 12.3. The highest BCUT2D eigenvalue weighted by Crippen LogP contribution is 2.38. The van der Waals surface area contributed by atoms with E-state index >= 15 is 0 Å². The van der Waals surface area contributed by atoms with Gasteiger partial charge in [0.2, 0.25) is 0 Å². The number of aliphatic hydroxyl groups is 3. The van der Waals surface area contributed by atoms with Crippen molar-refractivity contribution in [1.82, 2.24) is 4.90 Å². The molecule has 2 saturated heterocycles. The number of carbonyl (C=O) groups excluding carboxylic acids is 3. The molecule has 1 saturated carbocycles. The maximum atomic E-state index is 13.8. The first-order valence-electron chi connectivity index (χ1n) is 21.1. The van der Waals surface area contributed by atoms with Gasteiger partial charge in [0.1, 0.15) is 6.10 Å². The van der Waals surface area contributed by atoms with E-state index in [4.69, 9.17) is 18.9 Å². The molecule has 3 aliphatic heterocycles. The summed E-state index contributed by atoms with van der Waals surface area (Å²) in [6, 6.07) is 0.497. The van der Waals surface area contributed by atoms with E-state index in [1.807, 2.05) is 13.8 Å². The third-order valence-electron chi connectivity index (χ3n) is 12.9. The average Bonchev–Trinajstić information content (AvgIpc) is 3.96. The molecule has 0 unspecified atom stereocenters. The number of quaternary nitrogens is 1. The number of esters is 2. The quantitative estimate of drug-likeness (QED) is 0.0411. The van der Waals surface area contributed by atoms with Crippen LogP contribution in [0.15, 0.2) is 36.0 Å². The first-order chi connectivity index (χ1) is 27.1. The molecule has 0 bridgehead atoms. The van der Waals surface area contributed by atoms with E-state index in [2.05, 4.69) is 7.05 Å². The summed E-state index contributed by atoms with van der Waals surface area (Å²) in [5.74, 6) is -3.94. The molecule has 0 aromatic carbocycles. The molecule has 3 N–H and O–H groups in total. The van der Waals surface area contributed by atoms with Crippen molar-refractivity contribution in [2.75, 3.05) is 33.2 Å². The summed E-state index contributed by atoms with van der Waals surface area (Å²) in [7, 11) is 2.21. The molecule has 58 heavy (non-hydrogen) atoms. The van der Waals surface area contributed by atoms with Crippen LogP contribution in [0.1, 0.15) is 112 Å². The lowest BCUT2D eigenvalue weighted by atomic mass is 9.88. The molecule has 330 valence electrons. The van der Waals surface area contributed by atoms with Crippen LogP contribution in [-0.2, 0) is 28.5 Å². The Hall–Kier alpha value is -2.98. The molecule has 3 heterocycles. The number of piperazine rings is 1. The molecule has 12 nitrogen and oxygen atoms in total. The molecule has 1 aliphatic carbocycles. The van der Waals surface area contributed by atoms with E-state index in [-0.39, 0.29) is 31.0 Å². The number of carbonyl (C=O) groups is 3. The van der Waals surface area contributed by atoms with Crippen molar-refractivity contribution in [3.8, 4) is 0 Å². The van der Waals surface area contributed by atoms with E-state index in [9.17, 15) is 42.9 Å². The van der Waals surface area contributed by atoms with Crippen molar-refractivity contribution < 1.29 is 66.3 Å². The predicted molar refractivity (Wildman–Crippen MR) is 210 cm³/mol. The van der Waals surface area contributed by atoms with Gasteiger partial charge in [0, 0.05) is 18.3 Å². The number of hydrogen-bond acceptors (Lipinski definition) is 10.